The van der Waals surface area contributed by atoms with E-state index in [4.69, 9.17) is 14.6 Å². The maximum absolute atomic E-state index is 12.9. The maximum atomic E-state index is 12.9. The minimum Gasteiger partial charge on any atom is -0.493 e. The largest absolute Gasteiger partial charge is 0.493 e. The van der Waals surface area contributed by atoms with Gasteiger partial charge in [-0.05, 0) is 36.8 Å². The van der Waals surface area contributed by atoms with Gasteiger partial charge in [0.1, 0.15) is 11.5 Å². The molecular formula is C23H20F3NO4S. The van der Waals surface area contributed by atoms with Crippen LogP contribution in [0.5, 0.6) is 11.5 Å². The molecule has 0 radical (unpaired) electrons. The SMILES string of the molecule is C=Cc1cc(OCC(=O)O)c(C)cc1OCCc1nc(-c2cccc(C(F)(F)F)c2)cs1. The van der Waals surface area contributed by atoms with Crippen molar-refractivity contribution < 1.29 is 32.5 Å². The van der Waals surface area contributed by atoms with Gasteiger partial charge in [-0.2, -0.15) is 13.2 Å². The number of ether oxygens (including phenoxy) is 2. The fourth-order valence-electron chi connectivity index (χ4n) is 2.92. The van der Waals surface area contributed by atoms with Gasteiger partial charge in [0, 0.05) is 22.9 Å². The number of carboxylic acids is 1. The van der Waals surface area contributed by atoms with E-state index in [0.29, 0.717) is 46.9 Å². The molecule has 9 heteroatoms. The van der Waals surface area contributed by atoms with Crippen LogP contribution in [0, 0.1) is 6.92 Å². The Morgan fingerprint density at radius 3 is 2.69 bits per heavy atom. The lowest BCUT2D eigenvalue weighted by atomic mass is 10.1. The van der Waals surface area contributed by atoms with Gasteiger partial charge >= 0.3 is 12.1 Å². The average Bonchev–Trinajstić information content (AvgIpc) is 3.21. The van der Waals surface area contributed by atoms with Crippen molar-refractivity contribution in [1.82, 2.24) is 4.98 Å². The summed E-state index contributed by atoms with van der Waals surface area (Å²) in [5, 5.41) is 11.2. The van der Waals surface area contributed by atoms with Crippen LogP contribution in [0.1, 0.15) is 21.7 Å². The number of benzene rings is 2. The standard InChI is InChI=1S/C23H20F3NO4S/c1-3-15-11-19(31-12-22(28)29)14(2)9-20(15)30-8-7-21-27-18(13-32-21)16-5-4-6-17(10-16)23(24,25)26/h3-6,9-11,13H,1,7-8,12H2,2H3,(H,28,29). The second kappa shape index (κ2) is 9.86. The zero-order valence-electron chi connectivity index (χ0n) is 17.1. The molecule has 32 heavy (non-hydrogen) atoms. The number of aryl methyl sites for hydroxylation is 1. The van der Waals surface area contributed by atoms with Crippen molar-refractivity contribution in [3.8, 4) is 22.8 Å². The van der Waals surface area contributed by atoms with Gasteiger partial charge in [-0.3, -0.25) is 0 Å². The van der Waals surface area contributed by atoms with Gasteiger partial charge < -0.3 is 14.6 Å². The summed E-state index contributed by atoms with van der Waals surface area (Å²) >= 11 is 1.35. The first-order valence-electron chi connectivity index (χ1n) is 9.54. The van der Waals surface area contributed by atoms with Crippen molar-refractivity contribution in [1.29, 1.82) is 0 Å². The van der Waals surface area contributed by atoms with Crippen molar-refractivity contribution in [3.63, 3.8) is 0 Å². The molecule has 0 bridgehead atoms. The normalized spacial score (nSPS) is 11.2. The number of aliphatic carboxylic acids is 1. The molecule has 0 aliphatic heterocycles. The van der Waals surface area contributed by atoms with Crippen LogP contribution in [0.2, 0.25) is 0 Å². The first-order valence-corrected chi connectivity index (χ1v) is 10.4. The molecule has 0 saturated carbocycles. The first-order chi connectivity index (χ1) is 15.2. The molecule has 3 rings (SSSR count). The van der Waals surface area contributed by atoms with Crippen molar-refractivity contribution >= 4 is 23.4 Å². The van der Waals surface area contributed by atoms with E-state index < -0.39 is 24.3 Å². The van der Waals surface area contributed by atoms with Crippen LogP contribution in [-0.2, 0) is 17.4 Å². The number of carbonyl (C=O) groups is 1. The Morgan fingerprint density at radius 1 is 1.22 bits per heavy atom. The minimum absolute atomic E-state index is 0.297. The fourth-order valence-corrected chi connectivity index (χ4v) is 3.71. The summed E-state index contributed by atoms with van der Waals surface area (Å²) in [7, 11) is 0. The van der Waals surface area contributed by atoms with Gasteiger partial charge in [0.2, 0.25) is 0 Å². The van der Waals surface area contributed by atoms with Gasteiger partial charge in [0.25, 0.3) is 0 Å². The molecular weight excluding hydrogens is 443 g/mol. The molecule has 0 aliphatic carbocycles. The number of aromatic nitrogens is 1. The van der Waals surface area contributed by atoms with Crippen LogP contribution in [0.15, 0.2) is 48.4 Å². The summed E-state index contributed by atoms with van der Waals surface area (Å²) in [4.78, 5) is 15.1. The van der Waals surface area contributed by atoms with Crippen molar-refractivity contribution in [2.75, 3.05) is 13.2 Å². The van der Waals surface area contributed by atoms with Gasteiger partial charge in [0.15, 0.2) is 6.61 Å². The third-order valence-corrected chi connectivity index (χ3v) is 5.40. The molecule has 0 atom stereocenters. The van der Waals surface area contributed by atoms with E-state index in [1.54, 1.807) is 36.6 Å². The van der Waals surface area contributed by atoms with Gasteiger partial charge in [-0.1, -0.05) is 24.8 Å². The molecule has 0 amide bonds. The van der Waals surface area contributed by atoms with Crippen molar-refractivity contribution in [2.45, 2.75) is 19.5 Å². The number of hydrogen-bond acceptors (Lipinski definition) is 5. The summed E-state index contributed by atoms with van der Waals surface area (Å²) in [5.41, 5.74) is 1.55. The lowest BCUT2D eigenvalue weighted by Gasteiger charge is -2.13. The van der Waals surface area contributed by atoms with Crippen LogP contribution >= 0.6 is 11.3 Å². The van der Waals surface area contributed by atoms with Crippen LogP contribution in [0.25, 0.3) is 17.3 Å². The Labute approximate surface area is 186 Å². The molecule has 2 aromatic carbocycles. The molecule has 5 nitrogen and oxygen atoms in total. The molecule has 1 N–H and O–H groups in total. The van der Waals surface area contributed by atoms with E-state index in [9.17, 15) is 18.0 Å². The molecule has 0 spiro atoms. The Balaban J connectivity index is 1.65. The molecule has 3 aromatic rings. The number of nitrogens with zero attached hydrogens (tertiary/aromatic N) is 1. The Morgan fingerprint density at radius 2 is 2.00 bits per heavy atom. The van der Waals surface area contributed by atoms with E-state index in [2.05, 4.69) is 11.6 Å². The quantitative estimate of drug-likeness (QED) is 0.430. The smallest absolute Gasteiger partial charge is 0.416 e. The van der Waals surface area contributed by atoms with E-state index in [-0.39, 0.29) is 0 Å². The van der Waals surface area contributed by atoms with Crippen LogP contribution in [0.3, 0.4) is 0 Å². The summed E-state index contributed by atoms with van der Waals surface area (Å²) < 4.78 is 49.9. The summed E-state index contributed by atoms with van der Waals surface area (Å²) in [5.74, 6) is -0.0760. The highest BCUT2D eigenvalue weighted by atomic mass is 32.1. The van der Waals surface area contributed by atoms with E-state index >= 15 is 0 Å². The van der Waals surface area contributed by atoms with Crippen LogP contribution in [0.4, 0.5) is 13.2 Å². The summed E-state index contributed by atoms with van der Waals surface area (Å²) in [6.07, 6.45) is -2.36. The zero-order chi connectivity index (χ0) is 23.3. The van der Waals surface area contributed by atoms with Crippen molar-refractivity contribution in [3.05, 3.63) is 70.1 Å². The van der Waals surface area contributed by atoms with Gasteiger partial charge in [0.05, 0.1) is 22.9 Å². The lowest BCUT2D eigenvalue weighted by molar-refractivity contribution is -0.139. The highest BCUT2D eigenvalue weighted by Crippen LogP contribution is 2.33. The highest BCUT2D eigenvalue weighted by Gasteiger charge is 2.30. The second-order valence-corrected chi connectivity index (χ2v) is 7.79. The third-order valence-electron chi connectivity index (χ3n) is 4.49. The van der Waals surface area contributed by atoms with Gasteiger partial charge in [-0.15, -0.1) is 11.3 Å². The van der Waals surface area contributed by atoms with Crippen LogP contribution < -0.4 is 9.47 Å². The van der Waals surface area contributed by atoms with Gasteiger partial charge in [-0.25, -0.2) is 9.78 Å². The number of carboxylic acid groups (broad SMARTS) is 1. The first kappa shape index (κ1) is 23.3. The molecule has 0 unspecified atom stereocenters. The molecule has 0 fully saturated rings. The maximum Gasteiger partial charge on any atom is 0.416 e. The predicted molar refractivity (Wildman–Crippen MR) is 116 cm³/mol. The zero-order valence-corrected chi connectivity index (χ0v) is 17.9. The molecule has 168 valence electrons. The molecule has 1 aromatic heterocycles. The van der Waals surface area contributed by atoms with E-state index in [0.717, 1.165) is 17.1 Å². The van der Waals surface area contributed by atoms with Crippen LogP contribution in [-0.4, -0.2) is 29.3 Å². The Kier molecular flexibility index (Phi) is 7.19. The predicted octanol–water partition coefficient (Wildman–Crippen LogP) is 5.87. The fraction of sp³-hybridized carbons (Fsp3) is 0.217. The number of hydrogen-bond donors (Lipinski definition) is 1. The molecule has 0 aliphatic rings. The molecule has 0 saturated heterocycles. The summed E-state index contributed by atoms with van der Waals surface area (Å²) in [6.45, 7) is 5.37. The molecule has 1 heterocycles. The topological polar surface area (TPSA) is 68.7 Å². The van der Waals surface area contributed by atoms with E-state index in [1.165, 1.54) is 17.4 Å². The number of rotatable bonds is 9. The summed E-state index contributed by atoms with van der Waals surface area (Å²) in [6, 6.07) is 8.48. The second-order valence-electron chi connectivity index (χ2n) is 6.85. The lowest BCUT2D eigenvalue weighted by Crippen LogP contribution is -2.10. The Bertz CT molecular complexity index is 1120. The minimum atomic E-state index is -4.40. The van der Waals surface area contributed by atoms with E-state index in [1.807, 2.05) is 0 Å². The average molecular weight is 463 g/mol. The number of thiazole rings is 1. The third kappa shape index (κ3) is 5.88. The highest BCUT2D eigenvalue weighted by molar-refractivity contribution is 7.09. The number of alkyl halides is 3. The number of halogens is 3. The Hall–Kier alpha value is -3.33. The van der Waals surface area contributed by atoms with Crippen molar-refractivity contribution in [2.24, 2.45) is 0 Å². The monoisotopic (exact) mass is 463 g/mol.